The summed E-state index contributed by atoms with van der Waals surface area (Å²) in [4.78, 5) is 2.80. The van der Waals surface area contributed by atoms with Gasteiger partial charge >= 0.3 is 0 Å². The van der Waals surface area contributed by atoms with Gasteiger partial charge in [-0.15, -0.1) is 0 Å². The van der Waals surface area contributed by atoms with Gasteiger partial charge in [-0.05, 0) is 25.2 Å². The largest absolute Gasteiger partial charge is 0.381 e. The molecule has 0 amide bonds. The number of nitrogens with one attached hydrogen (secondary N) is 1. The smallest absolute Gasteiger partial charge is 0.0547 e. The van der Waals surface area contributed by atoms with Crippen molar-refractivity contribution in [2.45, 2.75) is 71.9 Å². The van der Waals surface area contributed by atoms with Crippen LogP contribution in [0.4, 0.5) is 0 Å². The summed E-state index contributed by atoms with van der Waals surface area (Å²) in [5.41, 5.74) is 0.335. The molecule has 0 aromatic rings. The fourth-order valence-corrected chi connectivity index (χ4v) is 3.90. The molecule has 0 spiro atoms. The Balaban J connectivity index is 1.99. The van der Waals surface area contributed by atoms with Crippen molar-refractivity contribution in [1.29, 1.82) is 0 Å². The maximum absolute atomic E-state index is 5.79. The molecule has 1 heterocycles. The van der Waals surface area contributed by atoms with Gasteiger partial charge < -0.3 is 10.1 Å². The van der Waals surface area contributed by atoms with Crippen LogP contribution in [-0.4, -0.2) is 49.8 Å². The molecule has 0 aromatic heterocycles. The van der Waals surface area contributed by atoms with Crippen LogP contribution in [0.15, 0.2) is 0 Å². The minimum atomic E-state index is 0.335. The monoisotopic (exact) mass is 296 g/mol. The summed E-state index contributed by atoms with van der Waals surface area (Å²) in [7, 11) is 0. The van der Waals surface area contributed by atoms with Gasteiger partial charge in [-0.2, -0.15) is 0 Å². The van der Waals surface area contributed by atoms with Crippen molar-refractivity contribution in [1.82, 2.24) is 10.2 Å². The minimum Gasteiger partial charge on any atom is -0.381 e. The van der Waals surface area contributed by atoms with Crippen molar-refractivity contribution in [2.24, 2.45) is 11.3 Å². The van der Waals surface area contributed by atoms with Gasteiger partial charge in [0.2, 0.25) is 0 Å². The van der Waals surface area contributed by atoms with E-state index in [4.69, 9.17) is 4.74 Å². The lowest BCUT2D eigenvalue weighted by Crippen LogP contribution is -2.49. The van der Waals surface area contributed by atoms with Crippen LogP contribution in [0.3, 0.4) is 0 Å². The maximum atomic E-state index is 5.79. The maximum Gasteiger partial charge on any atom is 0.0547 e. The quantitative estimate of drug-likeness (QED) is 0.744. The SMILES string of the molecule is CC(C)CN(CC1(CNC(C)C)CCOC1)C1CCCC1. The first-order valence-electron chi connectivity index (χ1n) is 9.06. The van der Waals surface area contributed by atoms with E-state index in [-0.39, 0.29) is 0 Å². The summed E-state index contributed by atoms with van der Waals surface area (Å²) in [6, 6.07) is 1.39. The molecule has 0 bridgehead atoms. The van der Waals surface area contributed by atoms with Crippen LogP contribution in [-0.2, 0) is 4.74 Å². The van der Waals surface area contributed by atoms with Gasteiger partial charge in [0, 0.05) is 43.7 Å². The highest BCUT2D eigenvalue weighted by Gasteiger charge is 2.38. The molecule has 0 aromatic carbocycles. The zero-order valence-corrected chi connectivity index (χ0v) is 14.7. The fraction of sp³-hybridized carbons (Fsp3) is 1.00. The molecule has 124 valence electrons. The molecule has 2 rings (SSSR count). The Hall–Kier alpha value is -0.120. The van der Waals surface area contributed by atoms with Crippen LogP contribution in [0.5, 0.6) is 0 Å². The zero-order valence-electron chi connectivity index (χ0n) is 14.7. The number of hydrogen-bond donors (Lipinski definition) is 1. The van der Waals surface area contributed by atoms with E-state index < -0.39 is 0 Å². The Morgan fingerprint density at radius 3 is 2.43 bits per heavy atom. The normalized spacial score (nSPS) is 27.6. The predicted octanol–water partition coefficient (Wildman–Crippen LogP) is 3.29. The van der Waals surface area contributed by atoms with Gasteiger partial charge in [-0.1, -0.05) is 40.5 Å². The van der Waals surface area contributed by atoms with E-state index in [9.17, 15) is 0 Å². The highest BCUT2D eigenvalue weighted by Crippen LogP contribution is 2.33. The van der Waals surface area contributed by atoms with Crippen LogP contribution < -0.4 is 5.32 Å². The number of nitrogens with zero attached hydrogens (tertiary/aromatic N) is 1. The van der Waals surface area contributed by atoms with E-state index in [1.807, 2.05) is 0 Å². The molecule has 2 aliphatic rings. The first-order chi connectivity index (χ1) is 10.0. The fourth-order valence-electron chi connectivity index (χ4n) is 3.90. The summed E-state index contributed by atoms with van der Waals surface area (Å²) >= 11 is 0. The Bertz CT molecular complexity index is 292. The van der Waals surface area contributed by atoms with Crippen molar-refractivity contribution in [2.75, 3.05) is 32.8 Å². The number of hydrogen-bond acceptors (Lipinski definition) is 3. The zero-order chi connectivity index (χ0) is 15.3. The van der Waals surface area contributed by atoms with Crippen molar-refractivity contribution in [3.05, 3.63) is 0 Å². The molecule has 1 saturated heterocycles. The second-order valence-electron chi connectivity index (χ2n) is 8.10. The first kappa shape index (κ1) is 17.2. The van der Waals surface area contributed by atoms with E-state index in [0.717, 1.165) is 31.7 Å². The Labute approximate surface area is 131 Å². The third-order valence-corrected chi connectivity index (χ3v) is 5.05. The summed E-state index contributed by atoms with van der Waals surface area (Å²) in [6.45, 7) is 14.6. The van der Waals surface area contributed by atoms with Gasteiger partial charge in [0.15, 0.2) is 0 Å². The van der Waals surface area contributed by atoms with Crippen molar-refractivity contribution in [3.63, 3.8) is 0 Å². The Kier molecular flexibility index (Phi) is 6.51. The third-order valence-electron chi connectivity index (χ3n) is 5.05. The van der Waals surface area contributed by atoms with E-state index >= 15 is 0 Å². The van der Waals surface area contributed by atoms with Crippen molar-refractivity contribution in [3.8, 4) is 0 Å². The molecule has 1 saturated carbocycles. The predicted molar refractivity (Wildman–Crippen MR) is 89.7 cm³/mol. The molecule has 1 N–H and O–H groups in total. The van der Waals surface area contributed by atoms with Gasteiger partial charge in [0.05, 0.1) is 6.61 Å². The molecule has 21 heavy (non-hydrogen) atoms. The standard InChI is InChI=1S/C18H36N2O/c1-15(2)11-20(17-7-5-6-8-17)13-18(9-10-21-14-18)12-19-16(3)4/h15-17,19H,5-14H2,1-4H3. The second-order valence-corrected chi connectivity index (χ2v) is 8.10. The van der Waals surface area contributed by atoms with Crippen molar-refractivity contribution >= 4 is 0 Å². The summed E-state index contributed by atoms with van der Waals surface area (Å²) in [5, 5.41) is 3.67. The molecular weight excluding hydrogens is 260 g/mol. The Morgan fingerprint density at radius 1 is 1.19 bits per heavy atom. The van der Waals surface area contributed by atoms with E-state index in [0.29, 0.717) is 11.5 Å². The number of rotatable bonds is 8. The summed E-state index contributed by atoms with van der Waals surface area (Å²) < 4.78 is 5.79. The van der Waals surface area contributed by atoms with E-state index in [1.54, 1.807) is 0 Å². The topological polar surface area (TPSA) is 24.5 Å². The molecule has 1 aliphatic heterocycles. The molecule has 3 heteroatoms. The third kappa shape index (κ3) is 5.22. The lowest BCUT2D eigenvalue weighted by atomic mass is 9.85. The summed E-state index contributed by atoms with van der Waals surface area (Å²) in [6.07, 6.45) is 6.87. The highest BCUT2D eigenvalue weighted by molar-refractivity contribution is 4.91. The molecule has 0 radical (unpaired) electrons. The number of ether oxygens (including phenoxy) is 1. The van der Waals surface area contributed by atoms with Crippen LogP contribution in [0.2, 0.25) is 0 Å². The molecule has 1 unspecified atom stereocenters. The lowest BCUT2D eigenvalue weighted by Gasteiger charge is -2.39. The van der Waals surface area contributed by atoms with Crippen LogP contribution in [0, 0.1) is 11.3 Å². The minimum absolute atomic E-state index is 0.335. The van der Waals surface area contributed by atoms with E-state index in [1.165, 1.54) is 45.2 Å². The molecule has 2 fully saturated rings. The lowest BCUT2D eigenvalue weighted by molar-refractivity contribution is 0.0766. The van der Waals surface area contributed by atoms with Crippen LogP contribution >= 0.6 is 0 Å². The van der Waals surface area contributed by atoms with Crippen molar-refractivity contribution < 1.29 is 4.74 Å². The molecule has 1 atom stereocenters. The van der Waals surface area contributed by atoms with Gasteiger partial charge in [0.1, 0.15) is 0 Å². The van der Waals surface area contributed by atoms with Gasteiger partial charge in [-0.3, -0.25) is 4.90 Å². The molecule has 1 aliphatic carbocycles. The Morgan fingerprint density at radius 2 is 1.90 bits per heavy atom. The van der Waals surface area contributed by atoms with Crippen LogP contribution in [0.25, 0.3) is 0 Å². The van der Waals surface area contributed by atoms with Gasteiger partial charge in [0.25, 0.3) is 0 Å². The molecular formula is C18H36N2O. The highest BCUT2D eigenvalue weighted by atomic mass is 16.5. The second kappa shape index (κ2) is 7.94. The summed E-state index contributed by atoms with van der Waals surface area (Å²) in [5.74, 6) is 0.753. The van der Waals surface area contributed by atoms with Crippen LogP contribution in [0.1, 0.15) is 59.8 Å². The van der Waals surface area contributed by atoms with E-state index in [2.05, 4.69) is 37.9 Å². The average molecular weight is 296 g/mol. The van der Waals surface area contributed by atoms with Gasteiger partial charge in [-0.25, -0.2) is 0 Å². The first-order valence-corrected chi connectivity index (χ1v) is 9.06. The molecule has 3 nitrogen and oxygen atoms in total. The average Bonchev–Trinajstić information content (AvgIpc) is 3.07.